The van der Waals surface area contributed by atoms with Crippen LogP contribution in [0.4, 0.5) is 18.9 Å². The third-order valence-corrected chi connectivity index (χ3v) is 7.84. The van der Waals surface area contributed by atoms with Crippen molar-refractivity contribution in [2.45, 2.75) is 18.2 Å². The van der Waals surface area contributed by atoms with E-state index in [1.807, 2.05) is 0 Å². The maximum absolute atomic E-state index is 13.3. The van der Waals surface area contributed by atoms with E-state index in [1.54, 1.807) is 25.1 Å². The van der Waals surface area contributed by atoms with Crippen LogP contribution in [-0.4, -0.2) is 77.5 Å². The Kier molecular flexibility index (Phi) is 7.69. The van der Waals surface area contributed by atoms with Gasteiger partial charge in [-0.1, -0.05) is 18.2 Å². The van der Waals surface area contributed by atoms with E-state index < -0.39 is 33.7 Å². The first-order chi connectivity index (χ1) is 19.9. The Morgan fingerprint density at radius 3 is 2.26 bits per heavy atom. The summed E-state index contributed by atoms with van der Waals surface area (Å²) in [5.41, 5.74) is 0.260. The van der Waals surface area contributed by atoms with Crippen molar-refractivity contribution in [2.75, 3.05) is 30.9 Å². The fourth-order valence-electron chi connectivity index (χ4n) is 4.40. The summed E-state index contributed by atoms with van der Waals surface area (Å²) in [6.45, 7) is 2.30. The lowest BCUT2D eigenvalue weighted by Crippen LogP contribution is -2.50. The molecule has 0 spiro atoms. The predicted molar refractivity (Wildman–Crippen MR) is 144 cm³/mol. The van der Waals surface area contributed by atoms with Crippen molar-refractivity contribution in [1.29, 1.82) is 0 Å². The molecule has 0 radical (unpaired) electrons. The van der Waals surface area contributed by atoms with Gasteiger partial charge in [0.1, 0.15) is 10.6 Å². The molecule has 2 aromatic carbocycles. The van der Waals surface area contributed by atoms with Crippen molar-refractivity contribution in [3.8, 4) is 5.75 Å². The van der Waals surface area contributed by atoms with Crippen molar-refractivity contribution in [3.63, 3.8) is 0 Å². The SMILES string of the molecule is Cc1cnc(C(=O)N2CCN(C(=O)c3ccc(NS(=O)(=O)c4cccc5cccnc45)c(OC(F)(F)F)c3)CC2)cn1. The van der Waals surface area contributed by atoms with Gasteiger partial charge in [0.15, 0.2) is 5.75 Å². The number of fused-ring (bicyclic) bond motifs is 1. The number of carbonyl (C=O) groups is 2. The maximum atomic E-state index is 13.3. The van der Waals surface area contributed by atoms with Crippen LogP contribution in [0.25, 0.3) is 10.9 Å². The van der Waals surface area contributed by atoms with Crippen molar-refractivity contribution in [3.05, 3.63) is 84.1 Å². The molecule has 2 amide bonds. The number of hydrogen-bond acceptors (Lipinski definition) is 8. The Balaban J connectivity index is 1.35. The third kappa shape index (κ3) is 6.25. The molecule has 15 heteroatoms. The molecular formula is C27H23F3N6O5S. The number of aryl methyl sites for hydroxylation is 1. The molecule has 1 aliphatic rings. The number of alkyl halides is 3. The van der Waals surface area contributed by atoms with Gasteiger partial charge in [-0.3, -0.25) is 24.3 Å². The number of aromatic nitrogens is 3. The topological polar surface area (TPSA) is 135 Å². The van der Waals surface area contributed by atoms with E-state index in [1.165, 1.54) is 46.6 Å². The number of nitrogens with zero attached hydrogens (tertiary/aromatic N) is 5. The van der Waals surface area contributed by atoms with Crippen molar-refractivity contribution >= 4 is 38.4 Å². The summed E-state index contributed by atoms with van der Waals surface area (Å²) in [7, 11) is -4.41. The van der Waals surface area contributed by atoms with Crippen LogP contribution in [0.5, 0.6) is 5.75 Å². The largest absolute Gasteiger partial charge is 0.573 e. The van der Waals surface area contributed by atoms with Crippen LogP contribution in [0, 0.1) is 6.92 Å². The highest BCUT2D eigenvalue weighted by atomic mass is 32.2. The van der Waals surface area contributed by atoms with E-state index in [-0.39, 0.29) is 53.8 Å². The number of rotatable bonds is 6. The number of sulfonamides is 1. The summed E-state index contributed by atoms with van der Waals surface area (Å²) < 4.78 is 72.5. The Bertz CT molecular complexity index is 1750. The van der Waals surface area contributed by atoms with Gasteiger partial charge >= 0.3 is 6.36 Å². The Hall–Kier alpha value is -4.79. The summed E-state index contributed by atoms with van der Waals surface area (Å²) in [5.74, 6) is -1.87. The Morgan fingerprint density at radius 1 is 0.905 bits per heavy atom. The zero-order valence-electron chi connectivity index (χ0n) is 22.0. The van der Waals surface area contributed by atoms with Crippen molar-refractivity contribution < 1.29 is 35.9 Å². The van der Waals surface area contributed by atoms with Gasteiger partial charge in [0.05, 0.1) is 23.1 Å². The average Bonchev–Trinajstić information content (AvgIpc) is 2.96. The molecule has 11 nitrogen and oxygen atoms in total. The molecule has 218 valence electrons. The molecule has 3 heterocycles. The van der Waals surface area contributed by atoms with E-state index in [9.17, 15) is 31.2 Å². The maximum Gasteiger partial charge on any atom is 0.573 e. The van der Waals surface area contributed by atoms with Gasteiger partial charge in [0, 0.05) is 49.5 Å². The van der Waals surface area contributed by atoms with Gasteiger partial charge in [0.25, 0.3) is 21.8 Å². The molecule has 4 aromatic rings. The summed E-state index contributed by atoms with van der Waals surface area (Å²) >= 11 is 0. The van der Waals surface area contributed by atoms with Crippen LogP contribution < -0.4 is 9.46 Å². The lowest BCUT2D eigenvalue weighted by molar-refractivity contribution is -0.274. The van der Waals surface area contributed by atoms with Gasteiger partial charge in [-0.05, 0) is 37.3 Å². The number of anilines is 1. The van der Waals surface area contributed by atoms with Gasteiger partial charge in [-0.2, -0.15) is 0 Å². The van der Waals surface area contributed by atoms with Crippen LogP contribution in [-0.2, 0) is 10.0 Å². The normalized spacial score (nSPS) is 14.1. The minimum atomic E-state index is -5.17. The first-order valence-electron chi connectivity index (χ1n) is 12.5. The fourth-order valence-corrected chi connectivity index (χ4v) is 5.65. The van der Waals surface area contributed by atoms with E-state index in [2.05, 4.69) is 24.4 Å². The number of para-hydroxylation sites is 1. The van der Waals surface area contributed by atoms with Crippen LogP contribution in [0.3, 0.4) is 0 Å². The van der Waals surface area contributed by atoms with Crippen LogP contribution in [0.1, 0.15) is 26.5 Å². The number of carbonyl (C=O) groups excluding carboxylic acids is 2. The summed E-state index contributed by atoms with van der Waals surface area (Å²) in [6.07, 6.45) is -0.944. The summed E-state index contributed by atoms with van der Waals surface area (Å²) in [6, 6.07) is 10.7. The Morgan fingerprint density at radius 2 is 1.60 bits per heavy atom. The summed E-state index contributed by atoms with van der Waals surface area (Å²) in [4.78, 5) is 40.7. The number of hydrogen-bond donors (Lipinski definition) is 1. The second-order valence-electron chi connectivity index (χ2n) is 9.32. The van der Waals surface area contributed by atoms with Crippen LogP contribution in [0.2, 0.25) is 0 Å². The molecule has 1 aliphatic heterocycles. The summed E-state index contributed by atoms with van der Waals surface area (Å²) in [5, 5.41) is 0.515. The van der Waals surface area contributed by atoms with E-state index in [0.29, 0.717) is 11.1 Å². The predicted octanol–water partition coefficient (Wildman–Crippen LogP) is 3.63. The monoisotopic (exact) mass is 600 g/mol. The van der Waals surface area contributed by atoms with E-state index in [0.717, 1.165) is 12.1 Å². The molecule has 1 fully saturated rings. The number of pyridine rings is 1. The highest BCUT2D eigenvalue weighted by Gasteiger charge is 2.34. The zero-order valence-corrected chi connectivity index (χ0v) is 22.8. The van der Waals surface area contributed by atoms with E-state index >= 15 is 0 Å². The molecule has 1 N–H and O–H groups in total. The number of piperazine rings is 1. The minimum absolute atomic E-state index is 0.113. The first kappa shape index (κ1) is 28.7. The molecule has 1 saturated heterocycles. The van der Waals surface area contributed by atoms with E-state index in [4.69, 9.17) is 0 Å². The quantitative estimate of drug-likeness (QED) is 0.355. The number of benzene rings is 2. The number of halogens is 3. The molecular weight excluding hydrogens is 577 g/mol. The standard InChI is InChI=1S/C27H23F3N6O5S/c1-17-15-33-21(16-32-17)26(38)36-12-10-35(11-13-36)25(37)19-7-8-20(22(14-19)41-27(28,29)30)34-42(39,40)23-6-2-4-18-5-3-9-31-24(18)23/h2-9,14-16,34H,10-13H2,1H3. The van der Waals surface area contributed by atoms with Crippen LogP contribution in [0.15, 0.2) is 72.0 Å². The highest BCUT2D eigenvalue weighted by molar-refractivity contribution is 7.93. The van der Waals surface area contributed by atoms with Gasteiger partial charge < -0.3 is 14.5 Å². The molecule has 0 unspecified atom stereocenters. The molecule has 0 atom stereocenters. The average molecular weight is 601 g/mol. The van der Waals surface area contributed by atoms with Crippen molar-refractivity contribution in [1.82, 2.24) is 24.8 Å². The van der Waals surface area contributed by atoms with Crippen molar-refractivity contribution in [2.24, 2.45) is 0 Å². The lowest BCUT2D eigenvalue weighted by atomic mass is 10.1. The molecule has 0 bridgehead atoms. The third-order valence-electron chi connectivity index (χ3n) is 6.44. The molecule has 2 aromatic heterocycles. The molecule has 42 heavy (non-hydrogen) atoms. The first-order valence-corrected chi connectivity index (χ1v) is 14.0. The zero-order chi connectivity index (χ0) is 30.1. The minimum Gasteiger partial charge on any atom is -0.404 e. The van der Waals surface area contributed by atoms with Gasteiger partial charge in [-0.15, -0.1) is 13.2 Å². The Labute approximate surface area is 238 Å². The smallest absolute Gasteiger partial charge is 0.404 e. The molecule has 5 rings (SSSR count). The number of amides is 2. The number of ether oxygens (including phenoxy) is 1. The second-order valence-corrected chi connectivity index (χ2v) is 11.0. The highest BCUT2D eigenvalue weighted by Crippen LogP contribution is 2.34. The fraction of sp³-hybridized carbons (Fsp3) is 0.222. The molecule has 0 aliphatic carbocycles. The second kappa shape index (κ2) is 11.2. The lowest BCUT2D eigenvalue weighted by Gasteiger charge is -2.34. The van der Waals surface area contributed by atoms with Gasteiger partial charge in [0.2, 0.25) is 0 Å². The number of nitrogens with one attached hydrogen (secondary N) is 1. The van der Waals surface area contributed by atoms with Gasteiger partial charge in [-0.25, -0.2) is 13.4 Å². The van der Waals surface area contributed by atoms with Crippen LogP contribution >= 0.6 is 0 Å². The molecule has 0 saturated carbocycles.